The van der Waals surface area contributed by atoms with Crippen molar-refractivity contribution < 1.29 is 4.79 Å². The number of rotatable bonds is 2. The lowest BCUT2D eigenvalue weighted by molar-refractivity contribution is -0.113. The van der Waals surface area contributed by atoms with E-state index in [2.05, 4.69) is 0 Å². The van der Waals surface area contributed by atoms with E-state index in [1.807, 2.05) is 0 Å². The fourth-order valence-corrected chi connectivity index (χ4v) is 3.03. The summed E-state index contributed by atoms with van der Waals surface area (Å²) in [5.74, 6) is -0.161. The van der Waals surface area contributed by atoms with Crippen LogP contribution in [-0.4, -0.2) is 78.7 Å². The highest BCUT2D eigenvalue weighted by atomic mass is 16.1. The predicted molar refractivity (Wildman–Crippen MR) is 124 cm³/mol. The highest BCUT2D eigenvalue weighted by Gasteiger charge is 2.24. The monoisotopic (exact) mass is 345 g/mol. The zero-order chi connectivity index (χ0) is 20.6. The van der Waals surface area contributed by atoms with Crippen molar-refractivity contribution in [3.05, 3.63) is 46.5 Å². The molecular weight excluding hydrogens is 334 g/mol. The quantitative estimate of drug-likeness (QED) is 0.408. The first-order valence-corrected chi connectivity index (χ1v) is 8.51. The van der Waals surface area contributed by atoms with Crippen LogP contribution in [0.3, 0.4) is 0 Å². The van der Waals surface area contributed by atoms with Gasteiger partial charge in [0.1, 0.15) is 47.1 Å². The molecule has 0 saturated carbocycles. The number of piperidine rings is 1. The summed E-state index contributed by atoms with van der Waals surface area (Å²) in [7, 11) is 41.3. The number of ketones is 1. The molecule has 1 aliphatic rings. The fourth-order valence-electron chi connectivity index (χ4n) is 3.03. The molecule has 14 radical (unpaired) electrons. The fraction of sp³-hybridized carbons (Fsp3) is 0.105. The highest BCUT2D eigenvalue weighted by molar-refractivity contribution is 6.58. The Morgan fingerprint density at radius 3 is 1.46 bits per heavy atom. The molecule has 9 heteroatoms. The second kappa shape index (κ2) is 8.17. The van der Waals surface area contributed by atoms with E-state index in [1.165, 1.54) is 4.81 Å². The van der Waals surface area contributed by atoms with E-state index in [0.29, 0.717) is 44.1 Å². The molecule has 1 fully saturated rings. The average molecular weight is 344 g/mol. The third-order valence-corrected chi connectivity index (χ3v) is 4.70. The van der Waals surface area contributed by atoms with Crippen LogP contribution in [0.1, 0.15) is 11.1 Å². The minimum atomic E-state index is -0.161. The second-order valence-corrected chi connectivity index (χ2v) is 6.72. The van der Waals surface area contributed by atoms with E-state index in [4.69, 9.17) is 55.1 Å². The molecule has 118 valence electrons. The molecule has 0 spiro atoms. The molecular formula is C19H10B7NO. The van der Waals surface area contributed by atoms with Crippen molar-refractivity contribution in [2.75, 3.05) is 13.1 Å². The Hall–Kier alpha value is -2.00. The van der Waals surface area contributed by atoms with Crippen LogP contribution in [0.15, 0.2) is 35.4 Å². The first kappa shape index (κ1) is 20.7. The maximum Gasteiger partial charge on any atom is 0.187 e. The molecule has 2 aromatic carbocycles. The molecule has 0 aromatic heterocycles. The lowest BCUT2D eigenvalue weighted by Gasteiger charge is -2.27. The molecule has 1 aliphatic heterocycles. The van der Waals surface area contributed by atoms with Gasteiger partial charge in [0.15, 0.2) is 13.8 Å². The van der Waals surface area contributed by atoms with Crippen LogP contribution in [0.25, 0.3) is 12.2 Å². The molecule has 1 saturated heterocycles. The zero-order valence-electron chi connectivity index (χ0n) is 15.3. The van der Waals surface area contributed by atoms with Gasteiger partial charge in [-0.25, -0.2) is 0 Å². The SMILES string of the molecule is [B]c1ccc(/C=C2\CN([B])C/C(=C\c3ccc([B])c([B])c3[B])C2=O)c([B])c1[B]. The van der Waals surface area contributed by atoms with Crippen molar-refractivity contribution in [1.82, 2.24) is 4.81 Å². The minimum Gasteiger partial charge on any atom is -0.346 e. The third kappa shape index (κ3) is 4.05. The van der Waals surface area contributed by atoms with E-state index in [1.54, 1.807) is 36.4 Å². The van der Waals surface area contributed by atoms with Gasteiger partial charge in [0, 0.05) is 24.2 Å². The number of benzene rings is 2. The molecule has 28 heavy (non-hydrogen) atoms. The Morgan fingerprint density at radius 2 is 1.07 bits per heavy atom. The first-order valence-electron chi connectivity index (χ1n) is 8.51. The summed E-state index contributed by atoms with van der Waals surface area (Å²) in [5, 5.41) is 0. The van der Waals surface area contributed by atoms with Crippen LogP contribution in [0.2, 0.25) is 0 Å². The van der Waals surface area contributed by atoms with Crippen LogP contribution in [0.5, 0.6) is 0 Å². The molecule has 0 N–H and O–H groups in total. The van der Waals surface area contributed by atoms with E-state index in [9.17, 15) is 4.79 Å². The average Bonchev–Trinajstić information content (AvgIpc) is 2.66. The van der Waals surface area contributed by atoms with Gasteiger partial charge in [-0.15, -0.1) is 21.9 Å². The minimum absolute atomic E-state index is 0.161. The number of carbonyl (C=O) groups excluding carboxylic acids is 1. The molecule has 3 rings (SSSR count). The Labute approximate surface area is 175 Å². The van der Waals surface area contributed by atoms with Gasteiger partial charge in [-0.2, -0.15) is 0 Å². The van der Waals surface area contributed by atoms with Crippen LogP contribution in [0, 0.1) is 0 Å². The van der Waals surface area contributed by atoms with E-state index < -0.39 is 0 Å². The summed E-state index contributed by atoms with van der Waals surface area (Å²) in [4.78, 5) is 14.5. The molecule has 0 atom stereocenters. The highest BCUT2D eigenvalue weighted by Crippen LogP contribution is 2.19. The Balaban J connectivity index is 2.02. The van der Waals surface area contributed by atoms with Gasteiger partial charge in [-0.05, 0) is 23.3 Å². The molecule has 0 bridgehead atoms. The van der Waals surface area contributed by atoms with E-state index in [0.717, 1.165) is 0 Å². The van der Waals surface area contributed by atoms with Crippen molar-refractivity contribution >= 4 is 106 Å². The van der Waals surface area contributed by atoms with Gasteiger partial charge in [0.25, 0.3) is 0 Å². The predicted octanol–water partition coefficient (Wildman–Crippen LogP) is -4.12. The number of hydrogen-bond donors (Lipinski definition) is 0. The summed E-state index contributed by atoms with van der Waals surface area (Å²) in [6.07, 6.45) is 3.34. The topological polar surface area (TPSA) is 20.3 Å². The summed E-state index contributed by atoms with van der Waals surface area (Å²) >= 11 is 0. The lowest BCUT2D eigenvalue weighted by atomic mass is 9.70. The van der Waals surface area contributed by atoms with Crippen LogP contribution in [-0.2, 0) is 4.79 Å². The summed E-state index contributed by atoms with van der Waals surface area (Å²) in [6.45, 7) is 0.526. The van der Waals surface area contributed by atoms with Crippen LogP contribution < -0.4 is 32.8 Å². The maximum atomic E-state index is 13.0. The molecule has 0 unspecified atom stereocenters. The normalized spacial score (nSPS) is 18.1. The largest absolute Gasteiger partial charge is 0.346 e. The van der Waals surface area contributed by atoms with Gasteiger partial charge in [0.05, 0.1) is 0 Å². The molecule has 0 aliphatic carbocycles. The third-order valence-electron chi connectivity index (χ3n) is 4.70. The van der Waals surface area contributed by atoms with Crippen LogP contribution >= 0.6 is 0 Å². The van der Waals surface area contributed by atoms with Crippen molar-refractivity contribution in [1.29, 1.82) is 0 Å². The Morgan fingerprint density at radius 1 is 0.679 bits per heavy atom. The number of carbonyl (C=O) groups is 1. The Bertz CT molecular complexity index is 950. The van der Waals surface area contributed by atoms with Crippen molar-refractivity contribution in [2.45, 2.75) is 0 Å². The standard InChI is InChI=1S/C19H10B7NO/c20-13-3-1-9(15(22)17(13)24)5-11-7-27(26)8-12(19(11)28)6-10-2-4-14(21)18(25)16(10)23/h1-6H,7-8H2/b11-5+,12-6+. The zero-order valence-corrected chi connectivity index (χ0v) is 15.3. The van der Waals surface area contributed by atoms with Crippen molar-refractivity contribution in [3.8, 4) is 0 Å². The lowest BCUT2D eigenvalue weighted by Crippen LogP contribution is -2.41. The Kier molecular flexibility index (Phi) is 6.05. The van der Waals surface area contributed by atoms with E-state index >= 15 is 0 Å². The maximum absolute atomic E-state index is 13.0. The summed E-state index contributed by atoms with van der Waals surface area (Å²) < 4.78 is 0. The first-order chi connectivity index (χ1) is 13.2. The number of Topliss-reactive ketones (excluding diaryl/α,β-unsaturated/α-hetero) is 1. The second-order valence-electron chi connectivity index (χ2n) is 6.72. The summed E-state index contributed by atoms with van der Waals surface area (Å²) in [6, 6.07) is 6.69. The molecule has 1 heterocycles. The van der Waals surface area contributed by atoms with Gasteiger partial charge in [-0.3, -0.25) is 4.79 Å². The molecule has 2 aromatic rings. The van der Waals surface area contributed by atoms with Gasteiger partial charge < -0.3 is 4.81 Å². The van der Waals surface area contributed by atoms with Crippen LogP contribution in [0.4, 0.5) is 0 Å². The van der Waals surface area contributed by atoms with Gasteiger partial charge in [-0.1, -0.05) is 35.2 Å². The summed E-state index contributed by atoms with van der Waals surface area (Å²) in [5.41, 5.74) is 4.09. The van der Waals surface area contributed by atoms with Crippen molar-refractivity contribution in [3.63, 3.8) is 0 Å². The smallest absolute Gasteiger partial charge is 0.187 e. The van der Waals surface area contributed by atoms with E-state index in [-0.39, 0.29) is 29.8 Å². The number of nitrogens with zero attached hydrogens (tertiary/aromatic N) is 1. The van der Waals surface area contributed by atoms with Crippen molar-refractivity contribution in [2.24, 2.45) is 0 Å². The number of hydrogen-bond acceptors (Lipinski definition) is 2. The molecule has 0 amide bonds. The molecule has 2 nitrogen and oxygen atoms in total. The van der Waals surface area contributed by atoms with Gasteiger partial charge >= 0.3 is 0 Å². The van der Waals surface area contributed by atoms with Gasteiger partial charge in [0.2, 0.25) is 0 Å².